The summed E-state index contributed by atoms with van der Waals surface area (Å²) in [4.78, 5) is 10.4. The van der Waals surface area contributed by atoms with E-state index < -0.39 is 0 Å². The number of aldehydes is 1. The van der Waals surface area contributed by atoms with Gasteiger partial charge in [-0.05, 0) is 13.0 Å². The van der Waals surface area contributed by atoms with Crippen LogP contribution >= 0.6 is 0 Å². The van der Waals surface area contributed by atoms with Crippen molar-refractivity contribution >= 4 is 6.29 Å². The fourth-order valence-electron chi connectivity index (χ4n) is 1.31. The number of para-hydroxylation sites is 1. The number of hydrogen-bond donors (Lipinski definition) is 0. The maximum Gasteiger partial charge on any atom is 0.164 e. The number of carbonyl (C=O) groups excluding carboxylic acids is 1. The van der Waals surface area contributed by atoms with Crippen LogP contribution in [0.2, 0.25) is 0 Å². The van der Waals surface area contributed by atoms with Crippen molar-refractivity contribution in [3.8, 4) is 11.5 Å². The number of benzene rings is 1. The molecule has 0 aromatic heterocycles. The minimum Gasteiger partial charge on any atom is -0.493 e. The number of rotatable bonds is 5. The maximum atomic E-state index is 10.4. The van der Waals surface area contributed by atoms with Crippen LogP contribution in [0.25, 0.3) is 0 Å². The molecule has 1 rings (SSSR count). The molecule has 0 bridgehead atoms. The van der Waals surface area contributed by atoms with E-state index in [0.717, 1.165) is 11.8 Å². The lowest BCUT2D eigenvalue weighted by Crippen LogP contribution is -1.99. The Morgan fingerprint density at radius 2 is 2.21 bits per heavy atom. The van der Waals surface area contributed by atoms with Crippen LogP contribution in [0.1, 0.15) is 12.5 Å². The largest absolute Gasteiger partial charge is 0.493 e. The molecule has 0 atom stereocenters. The third-order valence-corrected chi connectivity index (χ3v) is 1.87. The number of hydrogen-bond acceptors (Lipinski definition) is 3. The first kappa shape index (κ1) is 10.6. The Hall–Kier alpha value is -1.51. The number of carbonyl (C=O) groups is 1. The van der Waals surface area contributed by atoms with E-state index in [1.807, 2.05) is 25.1 Å². The van der Waals surface area contributed by atoms with Crippen LogP contribution in [0.5, 0.6) is 11.5 Å². The minimum atomic E-state index is 0.351. The van der Waals surface area contributed by atoms with Gasteiger partial charge in [-0.3, -0.25) is 0 Å². The summed E-state index contributed by atoms with van der Waals surface area (Å²) in [6.45, 7) is 2.49. The molecule has 1 aromatic carbocycles. The minimum absolute atomic E-state index is 0.351. The van der Waals surface area contributed by atoms with E-state index in [0.29, 0.717) is 24.5 Å². The summed E-state index contributed by atoms with van der Waals surface area (Å²) in [5, 5.41) is 0. The van der Waals surface area contributed by atoms with E-state index in [1.165, 1.54) is 0 Å². The molecule has 14 heavy (non-hydrogen) atoms. The highest BCUT2D eigenvalue weighted by atomic mass is 16.5. The van der Waals surface area contributed by atoms with E-state index in [9.17, 15) is 4.79 Å². The normalized spacial score (nSPS) is 9.57. The van der Waals surface area contributed by atoms with Gasteiger partial charge in [0.25, 0.3) is 0 Å². The number of ether oxygens (including phenoxy) is 2. The topological polar surface area (TPSA) is 35.5 Å². The zero-order valence-electron chi connectivity index (χ0n) is 8.45. The monoisotopic (exact) mass is 194 g/mol. The molecule has 0 saturated heterocycles. The fraction of sp³-hybridized carbons (Fsp3) is 0.364. The van der Waals surface area contributed by atoms with Gasteiger partial charge in [0.15, 0.2) is 11.5 Å². The molecule has 0 saturated carbocycles. The Balaban J connectivity index is 3.03. The van der Waals surface area contributed by atoms with Gasteiger partial charge < -0.3 is 14.3 Å². The highest BCUT2D eigenvalue weighted by Gasteiger charge is 2.08. The molecule has 0 amide bonds. The molecule has 76 valence electrons. The highest BCUT2D eigenvalue weighted by Crippen LogP contribution is 2.30. The summed E-state index contributed by atoms with van der Waals surface area (Å²) < 4.78 is 10.6. The second-order valence-corrected chi connectivity index (χ2v) is 2.75. The van der Waals surface area contributed by atoms with Crippen LogP contribution < -0.4 is 9.47 Å². The molecule has 1 aromatic rings. The highest BCUT2D eigenvalue weighted by molar-refractivity contribution is 5.60. The number of methoxy groups -OCH3 is 1. The second kappa shape index (κ2) is 5.27. The van der Waals surface area contributed by atoms with Crippen LogP contribution in [-0.2, 0) is 11.2 Å². The van der Waals surface area contributed by atoms with Crippen LogP contribution in [-0.4, -0.2) is 20.0 Å². The molecule has 3 heteroatoms. The zero-order chi connectivity index (χ0) is 10.4. The van der Waals surface area contributed by atoms with Crippen LogP contribution in [0.15, 0.2) is 18.2 Å². The Kier molecular flexibility index (Phi) is 3.98. The van der Waals surface area contributed by atoms with Gasteiger partial charge in [-0.1, -0.05) is 12.1 Å². The smallest absolute Gasteiger partial charge is 0.164 e. The Morgan fingerprint density at radius 1 is 1.43 bits per heavy atom. The summed E-state index contributed by atoms with van der Waals surface area (Å²) in [6, 6.07) is 5.54. The molecule has 0 aliphatic carbocycles. The first-order valence-electron chi connectivity index (χ1n) is 4.55. The van der Waals surface area contributed by atoms with Gasteiger partial charge in [-0.2, -0.15) is 0 Å². The van der Waals surface area contributed by atoms with Crippen molar-refractivity contribution in [1.29, 1.82) is 0 Å². The summed E-state index contributed by atoms with van der Waals surface area (Å²) in [7, 11) is 1.58. The van der Waals surface area contributed by atoms with Crippen molar-refractivity contribution in [1.82, 2.24) is 0 Å². The van der Waals surface area contributed by atoms with Gasteiger partial charge in [0, 0.05) is 12.0 Å². The van der Waals surface area contributed by atoms with Gasteiger partial charge in [-0.25, -0.2) is 0 Å². The van der Waals surface area contributed by atoms with Crippen molar-refractivity contribution in [2.45, 2.75) is 13.3 Å². The van der Waals surface area contributed by atoms with Crippen molar-refractivity contribution in [2.24, 2.45) is 0 Å². The summed E-state index contributed by atoms with van der Waals surface area (Å²) in [5.74, 6) is 1.34. The lowest BCUT2D eigenvalue weighted by atomic mass is 10.1. The molecule has 0 radical (unpaired) electrons. The van der Waals surface area contributed by atoms with Crippen molar-refractivity contribution in [2.75, 3.05) is 13.7 Å². The maximum absolute atomic E-state index is 10.4. The molecule has 0 heterocycles. The van der Waals surface area contributed by atoms with Gasteiger partial charge in [-0.15, -0.1) is 0 Å². The summed E-state index contributed by atoms with van der Waals surface area (Å²) >= 11 is 0. The average molecular weight is 194 g/mol. The van der Waals surface area contributed by atoms with E-state index in [4.69, 9.17) is 9.47 Å². The quantitative estimate of drug-likeness (QED) is 0.671. The molecular formula is C11H14O3. The van der Waals surface area contributed by atoms with Crippen LogP contribution in [0.3, 0.4) is 0 Å². The summed E-state index contributed by atoms with van der Waals surface area (Å²) in [6.07, 6.45) is 1.21. The van der Waals surface area contributed by atoms with E-state index in [-0.39, 0.29) is 0 Å². The van der Waals surface area contributed by atoms with Crippen LogP contribution in [0.4, 0.5) is 0 Å². The first-order valence-corrected chi connectivity index (χ1v) is 4.55. The molecule has 3 nitrogen and oxygen atoms in total. The molecule has 0 unspecified atom stereocenters. The fourth-order valence-corrected chi connectivity index (χ4v) is 1.31. The third kappa shape index (κ3) is 2.25. The van der Waals surface area contributed by atoms with Crippen LogP contribution in [0, 0.1) is 0 Å². The zero-order valence-corrected chi connectivity index (χ0v) is 8.45. The predicted molar refractivity (Wildman–Crippen MR) is 53.9 cm³/mol. The van der Waals surface area contributed by atoms with Gasteiger partial charge in [0.2, 0.25) is 0 Å². The van der Waals surface area contributed by atoms with E-state index in [1.54, 1.807) is 7.11 Å². The molecule has 0 spiro atoms. The Morgan fingerprint density at radius 3 is 2.79 bits per heavy atom. The first-order chi connectivity index (χ1) is 6.83. The molecule has 0 aliphatic heterocycles. The van der Waals surface area contributed by atoms with Crippen molar-refractivity contribution in [3.05, 3.63) is 23.8 Å². The molecule has 0 aliphatic rings. The Labute approximate surface area is 83.6 Å². The third-order valence-electron chi connectivity index (χ3n) is 1.87. The Bertz CT molecular complexity index is 307. The molecule has 0 fully saturated rings. The van der Waals surface area contributed by atoms with Gasteiger partial charge in [0.1, 0.15) is 6.29 Å². The van der Waals surface area contributed by atoms with Crippen molar-refractivity contribution in [3.63, 3.8) is 0 Å². The van der Waals surface area contributed by atoms with E-state index in [2.05, 4.69) is 0 Å². The predicted octanol–water partition coefficient (Wildman–Crippen LogP) is 1.84. The van der Waals surface area contributed by atoms with Gasteiger partial charge >= 0.3 is 0 Å². The van der Waals surface area contributed by atoms with Gasteiger partial charge in [0.05, 0.1) is 13.7 Å². The van der Waals surface area contributed by atoms with Crippen molar-refractivity contribution < 1.29 is 14.3 Å². The SMILES string of the molecule is CCOc1cccc(CC=O)c1OC. The average Bonchev–Trinajstić information content (AvgIpc) is 2.19. The second-order valence-electron chi connectivity index (χ2n) is 2.75. The molecule has 0 N–H and O–H groups in total. The lowest BCUT2D eigenvalue weighted by Gasteiger charge is -2.11. The van der Waals surface area contributed by atoms with E-state index >= 15 is 0 Å². The standard InChI is InChI=1S/C11H14O3/c1-3-14-10-6-4-5-9(7-8-12)11(10)13-2/h4-6,8H,3,7H2,1-2H3. The molecular weight excluding hydrogens is 180 g/mol. The lowest BCUT2D eigenvalue weighted by molar-refractivity contribution is -0.107. The summed E-state index contributed by atoms with van der Waals surface area (Å²) in [5.41, 5.74) is 0.855.